The molecule has 1 aliphatic carbocycles. The summed E-state index contributed by atoms with van der Waals surface area (Å²) in [6, 6.07) is 21.3. The number of benzene rings is 3. The molecule has 8 heteroatoms. The van der Waals surface area contributed by atoms with Crippen molar-refractivity contribution in [1.82, 2.24) is 4.98 Å². The molecule has 1 saturated heterocycles. The van der Waals surface area contributed by atoms with Gasteiger partial charge < -0.3 is 4.74 Å². The van der Waals surface area contributed by atoms with Gasteiger partial charge in [-0.15, -0.1) is 0 Å². The van der Waals surface area contributed by atoms with Crippen LogP contribution in [0.2, 0.25) is 0 Å². The maximum absolute atomic E-state index is 13.3. The van der Waals surface area contributed by atoms with E-state index in [0.29, 0.717) is 39.3 Å². The number of Topliss-reactive ketones (excluding diaryl/α,β-unsaturated/α-hetero) is 1. The Hall–Kier alpha value is -4.17. The lowest BCUT2D eigenvalue weighted by Crippen LogP contribution is -2.30. The summed E-state index contributed by atoms with van der Waals surface area (Å²) >= 11 is 3.46. The zero-order chi connectivity index (χ0) is 29.5. The summed E-state index contributed by atoms with van der Waals surface area (Å²) in [5, 5.41) is 0.586. The van der Waals surface area contributed by atoms with Gasteiger partial charge in [-0.1, -0.05) is 64.8 Å². The summed E-state index contributed by atoms with van der Waals surface area (Å²) < 4.78 is 6.24. The third-order valence-electron chi connectivity index (χ3n) is 8.31. The number of esters is 1. The molecule has 7 nitrogen and oxygen atoms in total. The minimum Gasteiger partial charge on any atom is -0.454 e. The second-order valence-electron chi connectivity index (χ2n) is 11.3. The van der Waals surface area contributed by atoms with Crippen LogP contribution < -0.4 is 4.90 Å². The van der Waals surface area contributed by atoms with E-state index >= 15 is 0 Å². The van der Waals surface area contributed by atoms with Crippen molar-refractivity contribution in [2.75, 3.05) is 11.5 Å². The van der Waals surface area contributed by atoms with Crippen molar-refractivity contribution in [3.05, 3.63) is 94.0 Å². The maximum atomic E-state index is 13.3. The predicted octanol–water partition coefficient (Wildman–Crippen LogP) is 6.94. The number of nitrogens with zero attached hydrogens (tertiary/aromatic N) is 2. The quantitative estimate of drug-likeness (QED) is 0.131. The van der Waals surface area contributed by atoms with E-state index in [1.54, 1.807) is 54.6 Å². The molecule has 2 aliphatic rings. The average molecular weight is 626 g/mol. The third kappa shape index (κ3) is 5.27. The number of ether oxygens (including phenoxy) is 1. The molecule has 42 heavy (non-hydrogen) atoms. The Morgan fingerprint density at radius 1 is 0.929 bits per heavy atom. The molecule has 0 spiro atoms. The largest absolute Gasteiger partial charge is 0.454 e. The van der Waals surface area contributed by atoms with Crippen molar-refractivity contribution >= 4 is 56.1 Å². The molecule has 6 rings (SSSR count). The number of hydrogen-bond acceptors (Lipinski definition) is 6. The molecule has 2 fully saturated rings. The Kier molecular flexibility index (Phi) is 7.49. The molecule has 212 valence electrons. The molecule has 1 aliphatic heterocycles. The van der Waals surface area contributed by atoms with Gasteiger partial charge in [0.1, 0.15) is 0 Å². The first kappa shape index (κ1) is 28.0. The Morgan fingerprint density at radius 2 is 1.64 bits per heavy atom. The second kappa shape index (κ2) is 11.2. The average Bonchev–Trinajstić information content (AvgIpc) is 3.24. The highest BCUT2D eigenvalue weighted by Gasteiger charge is 2.49. The van der Waals surface area contributed by atoms with Crippen LogP contribution in [-0.4, -0.2) is 35.2 Å². The fourth-order valence-electron chi connectivity index (χ4n) is 5.97. The van der Waals surface area contributed by atoms with E-state index in [9.17, 15) is 19.2 Å². The van der Waals surface area contributed by atoms with E-state index in [2.05, 4.69) is 22.9 Å². The van der Waals surface area contributed by atoms with Gasteiger partial charge in [0.05, 0.1) is 34.3 Å². The Morgan fingerprint density at radius 3 is 2.38 bits per heavy atom. The summed E-state index contributed by atoms with van der Waals surface area (Å²) in [7, 11) is 0. The first-order valence-corrected chi connectivity index (χ1v) is 14.8. The van der Waals surface area contributed by atoms with Crippen LogP contribution in [0.1, 0.15) is 52.5 Å². The molecule has 3 atom stereocenters. The van der Waals surface area contributed by atoms with E-state index in [0.717, 1.165) is 29.3 Å². The van der Waals surface area contributed by atoms with Crippen molar-refractivity contribution in [2.45, 2.75) is 33.1 Å². The fraction of sp³-hybridized carbons (Fsp3) is 0.265. The number of hydrogen-bond donors (Lipinski definition) is 0. The van der Waals surface area contributed by atoms with Gasteiger partial charge in [-0.2, -0.15) is 0 Å². The minimum absolute atomic E-state index is 0.121. The number of ketones is 1. The third-order valence-corrected chi connectivity index (χ3v) is 8.80. The summed E-state index contributed by atoms with van der Waals surface area (Å²) in [6.07, 6.45) is 2.45. The van der Waals surface area contributed by atoms with E-state index in [4.69, 9.17) is 9.72 Å². The highest BCUT2D eigenvalue weighted by molar-refractivity contribution is 9.10. The molecule has 3 unspecified atom stereocenters. The Balaban J connectivity index is 1.27. The number of rotatable bonds is 6. The van der Waals surface area contributed by atoms with Gasteiger partial charge in [0.25, 0.3) is 0 Å². The predicted molar refractivity (Wildman–Crippen MR) is 163 cm³/mol. The molecule has 2 heterocycles. The zero-order valence-electron chi connectivity index (χ0n) is 23.3. The molecule has 0 N–H and O–H groups in total. The first-order chi connectivity index (χ1) is 20.2. The van der Waals surface area contributed by atoms with Gasteiger partial charge in [0.15, 0.2) is 12.4 Å². The van der Waals surface area contributed by atoms with Gasteiger partial charge in [0, 0.05) is 21.0 Å². The first-order valence-electron chi connectivity index (χ1n) is 14.0. The molecule has 1 aromatic heterocycles. The summed E-state index contributed by atoms with van der Waals surface area (Å²) in [5.74, 6) is -1.21. The van der Waals surface area contributed by atoms with E-state index in [1.807, 2.05) is 25.1 Å². The molecule has 1 saturated carbocycles. The lowest BCUT2D eigenvalue weighted by atomic mass is 9.76. The summed E-state index contributed by atoms with van der Waals surface area (Å²) in [4.78, 5) is 58.3. The van der Waals surface area contributed by atoms with Gasteiger partial charge in [-0.3, -0.25) is 19.3 Å². The van der Waals surface area contributed by atoms with E-state index in [-0.39, 0.29) is 41.6 Å². The van der Waals surface area contributed by atoms with Gasteiger partial charge >= 0.3 is 5.97 Å². The van der Waals surface area contributed by atoms with Crippen LogP contribution in [0, 0.1) is 24.7 Å². The molecule has 0 radical (unpaired) electrons. The number of fused-ring (bicyclic) bond motifs is 2. The fourth-order valence-corrected chi connectivity index (χ4v) is 6.33. The highest BCUT2D eigenvalue weighted by atomic mass is 79.9. The number of carbonyl (C=O) groups excluding carboxylic acids is 4. The zero-order valence-corrected chi connectivity index (χ0v) is 24.9. The Labute approximate surface area is 252 Å². The van der Waals surface area contributed by atoms with Crippen LogP contribution in [0.3, 0.4) is 0 Å². The van der Waals surface area contributed by atoms with Gasteiger partial charge in [0.2, 0.25) is 11.8 Å². The lowest BCUT2D eigenvalue weighted by molar-refractivity contribution is -0.122. The topological polar surface area (TPSA) is 93.6 Å². The molecular formula is C34H29BrN2O5. The number of amides is 2. The van der Waals surface area contributed by atoms with Crippen molar-refractivity contribution in [2.24, 2.45) is 17.8 Å². The van der Waals surface area contributed by atoms with Crippen molar-refractivity contribution < 1.29 is 23.9 Å². The second-order valence-corrected chi connectivity index (χ2v) is 12.2. The van der Waals surface area contributed by atoms with E-state index < -0.39 is 5.97 Å². The smallest absolute Gasteiger partial charge is 0.339 e. The molecular weight excluding hydrogens is 596 g/mol. The minimum atomic E-state index is -0.635. The van der Waals surface area contributed by atoms with Crippen LogP contribution in [-0.2, 0) is 14.3 Å². The lowest BCUT2D eigenvalue weighted by Gasteiger charge is -2.25. The van der Waals surface area contributed by atoms with Crippen LogP contribution in [0.25, 0.3) is 22.2 Å². The number of aryl methyl sites for hydroxylation is 1. The molecule has 0 bridgehead atoms. The summed E-state index contributed by atoms with van der Waals surface area (Å²) in [5.41, 5.74) is 4.13. The number of imide groups is 1. The number of carbonyl (C=O) groups is 4. The molecule has 4 aromatic rings. The SMILES string of the molecule is Cc1ccc(C(=O)COC(=O)c2cc(-c3ccc(N4C(=O)C5CCC(C)CC5C4=O)cc3)nc3ccc(Br)cc23)cc1. The number of pyridine rings is 1. The van der Waals surface area contributed by atoms with Crippen molar-refractivity contribution in [3.8, 4) is 11.3 Å². The number of halogens is 1. The number of aromatic nitrogens is 1. The van der Waals surface area contributed by atoms with Crippen molar-refractivity contribution in [1.29, 1.82) is 0 Å². The summed E-state index contributed by atoms with van der Waals surface area (Å²) in [6.45, 7) is 3.68. The van der Waals surface area contributed by atoms with Crippen LogP contribution in [0.15, 0.2) is 77.3 Å². The molecule has 3 aromatic carbocycles. The van der Waals surface area contributed by atoms with Gasteiger partial charge in [-0.05, 0) is 68.5 Å². The monoisotopic (exact) mass is 624 g/mol. The van der Waals surface area contributed by atoms with E-state index in [1.165, 1.54) is 4.90 Å². The van der Waals surface area contributed by atoms with Crippen LogP contribution in [0.4, 0.5) is 5.69 Å². The highest BCUT2D eigenvalue weighted by Crippen LogP contribution is 2.42. The van der Waals surface area contributed by atoms with Crippen LogP contribution in [0.5, 0.6) is 0 Å². The van der Waals surface area contributed by atoms with Crippen molar-refractivity contribution in [3.63, 3.8) is 0 Å². The normalized spacial score (nSPS) is 20.1. The standard InChI is InChI=1S/C34H29BrN2O5/c1-19-3-6-22(7-4-19)31(38)18-42-34(41)28-17-30(36-29-14-10-23(35)16-26(28)29)21-8-11-24(12-9-21)37-32(39)25-13-5-20(2)15-27(25)33(37)40/h3-4,6-12,14,16-17,20,25,27H,5,13,15,18H2,1-2H3. The molecule has 2 amide bonds. The van der Waals surface area contributed by atoms with Gasteiger partial charge in [-0.25, -0.2) is 9.78 Å². The Bertz CT molecular complexity index is 1730. The maximum Gasteiger partial charge on any atom is 0.339 e. The number of anilines is 1. The van der Waals surface area contributed by atoms with Crippen LogP contribution >= 0.6 is 15.9 Å².